The summed E-state index contributed by atoms with van der Waals surface area (Å²) in [4.78, 5) is 14.5. The highest BCUT2D eigenvalue weighted by Gasteiger charge is 2.30. The summed E-state index contributed by atoms with van der Waals surface area (Å²) in [6.07, 6.45) is 5.07. The van der Waals surface area contributed by atoms with E-state index in [0.717, 1.165) is 25.7 Å². The molecule has 2 N–H and O–H groups in total. The Kier molecular flexibility index (Phi) is 3.47. The smallest absolute Gasteiger partial charge is 0.277 e. The van der Waals surface area contributed by atoms with E-state index in [1.165, 1.54) is 12.3 Å². The number of nitrogens with one attached hydrogen (secondary N) is 1. The fourth-order valence-corrected chi connectivity index (χ4v) is 2.27. The minimum atomic E-state index is -0.693. The van der Waals surface area contributed by atoms with Crippen LogP contribution in [0.25, 0.3) is 0 Å². The van der Waals surface area contributed by atoms with Gasteiger partial charge in [0.15, 0.2) is 0 Å². The number of aliphatic hydroxyl groups is 1. The molecule has 1 aromatic heterocycles. The first-order valence-electron chi connectivity index (χ1n) is 6.07. The number of pyridine rings is 1. The first-order chi connectivity index (χ1) is 8.50. The molecule has 1 fully saturated rings. The largest absolute Gasteiger partial charge is 0.388 e. The minimum absolute atomic E-state index is 0.0471. The number of nitrogens with zero attached hydrogens (tertiary/aromatic N) is 2. The first kappa shape index (κ1) is 12.8. The van der Waals surface area contributed by atoms with E-state index in [1.54, 1.807) is 6.92 Å². The van der Waals surface area contributed by atoms with E-state index in [-0.39, 0.29) is 5.69 Å². The van der Waals surface area contributed by atoms with Gasteiger partial charge in [0.25, 0.3) is 5.69 Å². The van der Waals surface area contributed by atoms with Crippen LogP contribution < -0.4 is 5.32 Å². The van der Waals surface area contributed by atoms with Crippen LogP contribution >= 0.6 is 0 Å². The molecule has 0 aliphatic heterocycles. The molecular weight excluding hydrogens is 234 g/mol. The number of hydrogen-bond donors (Lipinski definition) is 2. The SMILES string of the molecule is Cc1cnc(NCC2(O)CCCC2)cc1[N+](=O)[O-]. The van der Waals surface area contributed by atoms with Crippen LogP contribution in [0, 0.1) is 17.0 Å². The summed E-state index contributed by atoms with van der Waals surface area (Å²) < 4.78 is 0. The van der Waals surface area contributed by atoms with Crippen molar-refractivity contribution in [2.75, 3.05) is 11.9 Å². The van der Waals surface area contributed by atoms with E-state index in [2.05, 4.69) is 10.3 Å². The van der Waals surface area contributed by atoms with Gasteiger partial charge >= 0.3 is 0 Å². The van der Waals surface area contributed by atoms with Gasteiger partial charge in [-0.15, -0.1) is 0 Å². The third-order valence-electron chi connectivity index (χ3n) is 3.40. The molecule has 1 heterocycles. The maximum Gasteiger partial charge on any atom is 0.277 e. The summed E-state index contributed by atoms with van der Waals surface area (Å²) in [5.41, 5.74) is -0.113. The average Bonchev–Trinajstić information content (AvgIpc) is 2.75. The van der Waals surface area contributed by atoms with Crippen molar-refractivity contribution in [1.29, 1.82) is 0 Å². The predicted molar refractivity (Wildman–Crippen MR) is 67.5 cm³/mol. The van der Waals surface area contributed by atoms with Gasteiger partial charge in [-0.05, 0) is 19.8 Å². The minimum Gasteiger partial charge on any atom is -0.388 e. The van der Waals surface area contributed by atoms with Crippen LogP contribution in [0.3, 0.4) is 0 Å². The molecule has 1 saturated carbocycles. The van der Waals surface area contributed by atoms with Crippen LogP contribution in [0.4, 0.5) is 11.5 Å². The number of aromatic nitrogens is 1. The normalized spacial score (nSPS) is 17.7. The van der Waals surface area contributed by atoms with E-state index in [4.69, 9.17) is 0 Å². The summed E-state index contributed by atoms with van der Waals surface area (Å²) in [6, 6.07) is 1.41. The highest BCUT2D eigenvalue weighted by molar-refractivity contribution is 5.49. The van der Waals surface area contributed by atoms with Crippen molar-refractivity contribution in [3.63, 3.8) is 0 Å². The fraction of sp³-hybridized carbons (Fsp3) is 0.583. The van der Waals surface area contributed by atoms with Crippen molar-refractivity contribution >= 4 is 11.5 Å². The Bertz CT molecular complexity index is 456. The summed E-state index contributed by atoms with van der Waals surface area (Å²) in [5, 5.41) is 23.9. The fourth-order valence-electron chi connectivity index (χ4n) is 2.27. The van der Waals surface area contributed by atoms with Gasteiger partial charge in [0.05, 0.1) is 16.6 Å². The number of aryl methyl sites for hydroxylation is 1. The van der Waals surface area contributed by atoms with Crippen molar-refractivity contribution in [3.8, 4) is 0 Å². The first-order valence-corrected chi connectivity index (χ1v) is 6.07. The van der Waals surface area contributed by atoms with Gasteiger partial charge in [-0.3, -0.25) is 10.1 Å². The van der Waals surface area contributed by atoms with E-state index < -0.39 is 10.5 Å². The highest BCUT2D eigenvalue weighted by Crippen LogP contribution is 2.29. The zero-order valence-electron chi connectivity index (χ0n) is 10.3. The molecule has 6 nitrogen and oxygen atoms in total. The van der Waals surface area contributed by atoms with Gasteiger partial charge < -0.3 is 10.4 Å². The standard InChI is InChI=1S/C12H17N3O3/c1-9-7-13-11(6-10(9)15(17)18)14-8-12(16)4-2-3-5-12/h6-7,16H,2-5,8H2,1H3,(H,13,14). The Morgan fingerprint density at radius 1 is 1.56 bits per heavy atom. The molecule has 2 rings (SSSR count). The Morgan fingerprint density at radius 3 is 2.83 bits per heavy atom. The molecule has 1 aliphatic rings. The summed E-state index contributed by atoms with van der Waals surface area (Å²) in [5.74, 6) is 0.438. The maximum atomic E-state index is 10.8. The molecule has 1 aliphatic carbocycles. The lowest BCUT2D eigenvalue weighted by Crippen LogP contribution is -2.33. The van der Waals surface area contributed by atoms with Gasteiger partial charge in [0, 0.05) is 18.3 Å². The van der Waals surface area contributed by atoms with Gasteiger partial charge in [0.1, 0.15) is 5.82 Å². The summed E-state index contributed by atoms with van der Waals surface area (Å²) >= 11 is 0. The lowest BCUT2D eigenvalue weighted by Gasteiger charge is -2.22. The number of nitro groups is 1. The van der Waals surface area contributed by atoms with E-state index in [9.17, 15) is 15.2 Å². The van der Waals surface area contributed by atoms with Crippen LogP contribution in [0.5, 0.6) is 0 Å². The third-order valence-corrected chi connectivity index (χ3v) is 3.40. The maximum absolute atomic E-state index is 10.8. The summed E-state index contributed by atoms with van der Waals surface area (Å²) in [7, 11) is 0. The van der Waals surface area contributed by atoms with Crippen LogP contribution in [0.2, 0.25) is 0 Å². The van der Waals surface area contributed by atoms with Crippen molar-refractivity contribution in [2.45, 2.75) is 38.2 Å². The molecule has 0 bridgehead atoms. The lowest BCUT2D eigenvalue weighted by atomic mass is 10.0. The number of anilines is 1. The third kappa shape index (κ3) is 2.76. The Labute approximate surface area is 105 Å². The Balaban J connectivity index is 2.05. The van der Waals surface area contributed by atoms with Gasteiger partial charge in [-0.1, -0.05) is 12.8 Å². The lowest BCUT2D eigenvalue weighted by molar-refractivity contribution is -0.385. The zero-order chi connectivity index (χ0) is 13.2. The summed E-state index contributed by atoms with van der Waals surface area (Å²) in [6.45, 7) is 2.04. The number of rotatable bonds is 4. The highest BCUT2D eigenvalue weighted by atomic mass is 16.6. The van der Waals surface area contributed by atoms with Crippen molar-refractivity contribution < 1.29 is 10.0 Å². The van der Waals surface area contributed by atoms with E-state index in [0.29, 0.717) is 17.9 Å². The van der Waals surface area contributed by atoms with Crippen molar-refractivity contribution in [1.82, 2.24) is 4.98 Å². The quantitative estimate of drug-likeness (QED) is 0.631. The molecule has 1 aromatic rings. The molecule has 0 spiro atoms. The molecule has 0 aromatic carbocycles. The van der Waals surface area contributed by atoms with Gasteiger partial charge in [-0.25, -0.2) is 4.98 Å². The van der Waals surface area contributed by atoms with Crippen LogP contribution in [0.1, 0.15) is 31.2 Å². The molecule has 0 unspecified atom stereocenters. The Morgan fingerprint density at radius 2 is 2.22 bits per heavy atom. The van der Waals surface area contributed by atoms with Crippen molar-refractivity contribution in [2.24, 2.45) is 0 Å². The molecule has 0 amide bonds. The second-order valence-electron chi connectivity index (χ2n) is 4.90. The van der Waals surface area contributed by atoms with Crippen LogP contribution in [0.15, 0.2) is 12.3 Å². The zero-order valence-corrected chi connectivity index (χ0v) is 10.3. The van der Waals surface area contributed by atoms with Gasteiger partial charge in [0.2, 0.25) is 0 Å². The molecule has 6 heteroatoms. The van der Waals surface area contributed by atoms with Crippen LogP contribution in [-0.4, -0.2) is 27.2 Å². The van der Waals surface area contributed by atoms with E-state index in [1.807, 2.05) is 0 Å². The average molecular weight is 251 g/mol. The predicted octanol–water partition coefficient (Wildman–Crippen LogP) is 2.02. The topological polar surface area (TPSA) is 88.3 Å². The molecule has 98 valence electrons. The molecule has 0 saturated heterocycles. The van der Waals surface area contributed by atoms with Crippen LogP contribution in [-0.2, 0) is 0 Å². The molecule has 18 heavy (non-hydrogen) atoms. The second-order valence-corrected chi connectivity index (χ2v) is 4.90. The second kappa shape index (κ2) is 4.89. The van der Waals surface area contributed by atoms with E-state index >= 15 is 0 Å². The number of hydrogen-bond acceptors (Lipinski definition) is 5. The van der Waals surface area contributed by atoms with Crippen molar-refractivity contribution in [3.05, 3.63) is 27.9 Å². The van der Waals surface area contributed by atoms with Gasteiger partial charge in [-0.2, -0.15) is 0 Å². The molecule has 0 radical (unpaired) electrons. The monoisotopic (exact) mass is 251 g/mol. The molecular formula is C12H17N3O3. The molecule has 0 atom stereocenters. The Hall–Kier alpha value is -1.69.